The van der Waals surface area contributed by atoms with Gasteiger partial charge in [-0.1, -0.05) is 6.92 Å². The standard InChI is InChI=1S/C12H19N3O3S/c1-8-7-15(3-2-12(8)16)10-4-9(13)5-11(6-10)19(14,17)18/h4-6,8,12,16H,2-3,7,13H2,1H3,(H2,14,17,18). The summed E-state index contributed by atoms with van der Waals surface area (Å²) in [7, 11) is -3.77. The van der Waals surface area contributed by atoms with E-state index in [0.717, 1.165) is 5.69 Å². The zero-order chi connectivity index (χ0) is 14.2. The summed E-state index contributed by atoms with van der Waals surface area (Å²) in [5.41, 5.74) is 6.81. The van der Waals surface area contributed by atoms with Crippen LogP contribution in [0.4, 0.5) is 11.4 Å². The molecule has 1 heterocycles. The highest BCUT2D eigenvalue weighted by molar-refractivity contribution is 7.89. The van der Waals surface area contributed by atoms with Gasteiger partial charge < -0.3 is 15.7 Å². The first kappa shape index (κ1) is 14.1. The summed E-state index contributed by atoms with van der Waals surface area (Å²) in [6.45, 7) is 3.29. The molecule has 5 N–H and O–H groups in total. The number of benzene rings is 1. The van der Waals surface area contributed by atoms with Gasteiger partial charge in [0, 0.05) is 24.5 Å². The summed E-state index contributed by atoms with van der Waals surface area (Å²) in [4.78, 5) is 2.03. The van der Waals surface area contributed by atoms with E-state index in [4.69, 9.17) is 10.9 Å². The van der Waals surface area contributed by atoms with Crippen molar-refractivity contribution in [3.05, 3.63) is 18.2 Å². The lowest BCUT2D eigenvalue weighted by molar-refractivity contribution is 0.0971. The van der Waals surface area contributed by atoms with Crippen molar-refractivity contribution in [2.75, 3.05) is 23.7 Å². The van der Waals surface area contributed by atoms with Gasteiger partial charge in [0.15, 0.2) is 0 Å². The Bertz CT molecular complexity index is 574. The minimum absolute atomic E-state index is 0.0151. The van der Waals surface area contributed by atoms with E-state index in [2.05, 4.69) is 0 Å². The molecule has 0 saturated carbocycles. The lowest BCUT2D eigenvalue weighted by Crippen LogP contribution is -2.42. The van der Waals surface area contributed by atoms with Crippen LogP contribution in [0.5, 0.6) is 0 Å². The van der Waals surface area contributed by atoms with Crippen molar-refractivity contribution in [2.24, 2.45) is 11.1 Å². The van der Waals surface area contributed by atoms with E-state index >= 15 is 0 Å². The van der Waals surface area contributed by atoms with Gasteiger partial charge >= 0.3 is 0 Å². The molecule has 1 aliphatic rings. The molecule has 2 atom stereocenters. The molecule has 1 aromatic rings. The van der Waals surface area contributed by atoms with E-state index < -0.39 is 10.0 Å². The zero-order valence-electron chi connectivity index (χ0n) is 10.8. The van der Waals surface area contributed by atoms with Crippen LogP contribution in [0, 0.1) is 5.92 Å². The highest BCUT2D eigenvalue weighted by Gasteiger charge is 2.25. The van der Waals surface area contributed by atoms with Crippen molar-refractivity contribution in [1.29, 1.82) is 0 Å². The average molecular weight is 285 g/mol. The number of piperidine rings is 1. The van der Waals surface area contributed by atoms with Crippen molar-refractivity contribution in [1.82, 2.24) is 0 Å². The lowest BCUT2D eigenvalue weighted by Gasteiger charge is -2.36. The summed E-state index contributed by atoms with van der Waals surface area (Å²) in [6.07, 6.45) is 0.343. The molecule has 1 aliphatic heterocycles. The molecule has 7 heteroatoms. The third kappa shape index (κ3) is 3.17. The zero-order valence-corrected chi connectivity index (χ0v) is 11.6. The number of hydrogen-bond donors (Lipinski definition) is 3. The van der Waals surface area contributed by atoms with Gasteiger partial charge in [0.1, 0.15) is 0 Å². The van der Waals surface area contributed by atoms with E-state index in [1.807, 2.05) is 11.8 Å². The maximum Gasteiger partial charge on any atom is 0.238 e. The van der Waals surface area contributed by atoms with Crippen LogP contribution in [-0.4, -0.2) is 32.7 Å². The van der Waals surface area contributed by atoms with E-state index in [1.165, 1.54) is 12.1 Å². The van der Waals surface area contributed by atoms with E-state index in [0.29, 0.717) is 25.2 Å². The minimum atomic E-state index is -3.77. The topological polar surface area (TPSA) is 110 Å². The second-order valence-corrected chi connectivity index (χ2v) is 6.65. The Hall–Kier alpha value is -1.31. The molecule has 19 heavy (non-hydrogen) atoms. The van der Waals surface area contributed by atoms with Crippen LogP contribution in [0.2, 0.25) is 0 Å². The van der Waals surface area contributed by atoms with Gasteiger partial charge in [-0.05, 0) is 30.5 Å². The monoisotopic (exact) mass is 285 g/mol. The molecule has 0 radical (unpaired) electrons. The summed E-state index contributed by atoms with van der Waals surface area (Å²) in [5, 5.41) is 14.8. The minimum Gasteiger partial charge on any atom is -0.399 e. The normalized spacial score (nSPS) is 24.5. The fourth-order valence-electron chi connectivity index (χ4n) is 2.32. The maximum atomic E-state index is 11.4. The smallest absolute Gasteiger partial charge is 0.238 e. The number of nitrogens with zero attached hydrogens (tertiary/aromatic N) is 1. The molecule has 0 spiro atoms. The number of nitrogen functional groups attached to an aromatic ring is 1. The molecule has 1 saturated heterocycles. The Kier molecular flexibility index (Phi) is 3.71. The van der Waals surface area contributed by atoms with Crippen molar-refractivity contribution in [3.63, 3.8) is 0 Å². The van der Waals surface area contributed by atoms with E-state index in [-0.39, 0.29) is 16.9 Å². The van der Waals surface area contributed by atoms with Crippen molar-refractivity contribution < 1.29 is 13.5 Å². The molecule has 0 aromatic heterocycles. The van der Waals surface area contributed by atoms with Gasteiger partial charge in [0.05, 0.1) is 11.0 Å². The van der Waals surface area contributed by atoms with Crippen LogP contribution in [0.3, 0.4) is 0 Å². The quantitative estimate of drug-likeness (QED) is 0.669. The van der Waals surface area contributed by atoms with Crippen LogP contribution in [0.25, 0.3) is 0 Å². The Balaban J connectivity index is 2.33. The largest absolute Gasteiger partial charge is 0.399 e. The third-order valence-corrected chi connectivity index (χ3v) is 4.36. The molecular weight excluding hydrogens is 266 g/mol. The predicted octanol–water partition coefficient (Wildman–Crippen LogP) is 0.123. The molecule has 2 rings (SSSR count). The Labute approximate surface area is 113 Å². The average Bonchev–Trinajstić information content (AvgIpc) is 2.31. The molecule has 1 aromatic carbocycles. The van der Waals surface area contributed by atoms with Crippen LogP contribution in [-0.2, 0) is 10.0 Å². The number of nitrogens with two attached hydrogens (primary N) is 2. The Morgan fingerprint density at radius 2 is 2.05 bits per heavy atom. The Morgan fingerprint density at radius 3 is 2.63 bits per heavy atom. The van der Waals surface area contributed by atoms with Gasteiger partial charge in [0.25, 0.3) is 0 Å². The predicted molar refractivity (Wildman–Crippen MR) is 74.2 cm³/mol. The molecular formula is C12H19N3O3S. The summed E-state index contributed by atoms with van der Waals surface area (Å²) < 4.78 is 22.8. The number of primary sulfonamides is 1. The highest BCUT2D eigenvalue weighted by Crippen LogP contribution is 2.27. The maximum absolute atomic E-state index is 11.4. The molecule has 0 bridgehead atoms. The van der Waals surface area contributed by atoms with Crippen molar-refractivity contribution in [2.45, 2.75) is 24.3 Å². The fraction of sp³-hybridized carbons (Fsp3) is 0.500. The van der Waals surface area contributed by atoms with Gasteiger partial charge in [-0.25, -0.2) is 13.6 Å². The molecule has 1 fully saturated rings. The molecule has 6 nitrogen and oxygen atoms in total. The first-order valence-corrected chi connectivity index (χ1v) is 7.68. The van der Waals surface area contributed by atoms with Crippen LogP contribution >= 0.6 is 0 Å². The number of aliphatic hydroxyl groups is 1. The molecule has 0 amide bonds. The van der Waals surface area contributed by atoms with Crippen LogP contribution < -0.4 is 15.8 Å². The molecule has 106 valence electrons. The second kappa shape index (κ2) is 4.99. The van der Waals surface area contributed by atoms with E-state index in [1.54, 1.807) is 6.07 Å². The number of hydrogen-bond acceptors (Lipinski definition) is 5. The van der Waals surface area contributed by atoms with Crippen molar-refractivity contribution in [3.8, 4) is 0 Å². The van der Waals surface area contributed by atoms with Gasteiger partial charge in [-0.15, -0.1) is 0 Å². The molecule has 0 aliphatic carbocycles. The SMILES string of the molecule is CC1CN(c2cc(N)cc(S(N)(=O)=O)c2)CCC1O. The number of aliphatic hydroxyl groups excluding tert-OH is 1. The first-order chi connectivity index (χ1) is 8.77. The second-order valence-electron chi connectivity index (χ2n) is 5.08. The Morgan fingerprint density at radius 1 is 1.37 bits per heavy atom. The summed E-state index contributed by atoms with van der Waals surface area (Å²) >= 11 is 0. The third-order valence-electron chi connectivity index (χ3n) is 3.47. The van der Waals surface area contributed by atoms with Gasteiger partial charge in [-0.2, -0.15) is 0 Å². The summed E-state index contributed by atoms with van der Waals surface area (Å²) in [5.74, 6) is 0.133. The summed E-state index contributed by atoms with van der Waals surface area (Å²) in [6, 6.07) is 4.59. The highest BCUT2D eigenvalue weighted by atomic mass is 32.2. The van der Waals surface area contributed by atoms with Gasteiger partial charge in [0.2, 0.25) is 10.0 Å². The van der Waals surface area contributed by atoms with E-state index in [9.17, 15) is 13.5 Å². The number of rotatable bonds is 2. The number of sulfonamides is 1. The van der Waals surface area contributed by atoms with Crippen molar-refractivity contribution >= 4 is 21.4 Å². The molecule has 2 unspecified atom stereocenters. The first-order valence-electron chi connectivity index (χ1n) is 6.14. The van der Waals surface area contributed by atoms with Crippen LogP contribution in [0.15, 0.2) is 23.1 Å². The lowest BCUT2D eigenvalue weighted by atomic mass is 9.96. The fourth-order valence-corrected chi connectivity index (χ4v) is 2.91. The van der Waals surface area contributed by atoms with Crippen LogP contribution in [0.1, 0.15) is 13.3 Å². The number of anilines is 2. The van der Waals surface area contributed by atoms with Gasteiger partial charge in [-0.3, -0.25) is 0 Å².